The van der Waals surface area contributed by atoms with Crippen molar-refractivity contribution in [2.24, 2.45) is 0 Å². The Bertz CT molecular complexity index is 402. The van der Waals surface area contributed by atoms with Crippen molar-refractivity contribution >= 4 is 17.6 Å². The second kappa shape index (κ2) is 4.72. The van der Waals surface area contributed by atoms with Crippen molar-refractivity contribution in [3.05, 3.63) is 28.8 Å². The van der Waals surface area contributed by atoms with E-state index in [9.17, 15) is 4.79 Å². The number of nitrogens with one attached hydrogen (secondary N) is 1. The van der Waals surface area contributed by atoms with E-state index in [2.05, 4.69) is 5.32 Å². The van der Waals surface area contributed by atoms with E-state index in [1.54, 1.807) is 12.1 Å². The maximum absolute atomic E-state index is 10.9. The van der Waals surface area contributed by atoms with E-state index >= 15 is 0 Å². The van der Waals surface area contributed by atoms with Gasteiger partial charge in [0.2, 0.25) is 0 Å². The monoisotopic (exact) mass is 241 g/mol. The fourth-order valence-corrected chi connectivity index (χ4v) is 1.86. The zero-order valence-electron chi connectivity index (χ0n) is 8.57. The van der Waals surface area contributed by atoms with Crippen LogP contribution in [-0.4, -0.2) is 30.3 Å². The number of hydrogen-bond acceptors (Lipinski definition) is 3. The number of aromatic carboxylic acids is 1. The van der Waals surface area contributed by atoms with Gasteiger partial charge in [-0.25, -0.2) is 4.79 Å². The van der Waals surface area contributed by atoms with Crippen LogP contribution in [0, 0.1) is 0 Å². The van der Waals surface area contributed by atoms with Gasteiger partial charge in [-0.05, 0) is 31.2 Å². The first-order valence-corrected chi connectivity index (χ1v) is 5.45. The first kappa shape index (κ1) is 11.2. The molecule has 2 rings (SSSR count). The van der Waals surface area contributed by atoms with E-state index in [1.165, 1.54) is 6.07 Å². The molecule has 0 spiro atoms. The van der Waals surface area contributed by atoms with Crippen LogP contribution in [0.1, 0.15) is 16.8 Å². The minimum absolute atomic E-state index is 0.0742. The number of carboxylic acids is 1. The fourth-order valence-electron chi connectivity index (χ4n) is 1.66. The molecule has 1 atom stereocenters. The molecule has 0 bridgehead atoms. The van der Waals surface area contributed by atoms with Crippen molar-refractivity contribution in [1.82, 2.24) is 5.32 Å². The molecule has 86 valence electrons. The molecule has 2 N–H and O–H groups in total. The quantitative estimate of drug-likeness (QED) is 0.847. The summed E-state index contributed by atoms with van der Waals surface area (Å²) in [5, 5.41) is 12.3. The maximum atomic E-state index is 10.9. The van der Waals surface area contributed by atoms with Crippen LogP contribution in [0.3, 0.4) is 0 Å². The minimum atomic E-state index is -1.04. The van der Waals surface area contributed by atoms with Gasteiger partial charge in [-0.2, -0.15) is 0 Å². The highest BCUT2D eigenvalue weighted by Crippen LogP contribution is 2.23. The Hall–Kier alpha value is -1.26. The summed E-state index contributed by atoms with van der Waals surface area (Å²) in [6, 6.07) is 4.69. The average Bonchev–Trinajstić information content (AvgIpc) is 2.73. The van der Waals surface area contributed by atoms with Crippen LogP contribution in [0.4, 0.5) is 0 Å². The average molecular weight is 242 g/mol. The van der Waals surface area contributed by atoms with Gasteiger partial charge in [-0.1, -0.05) is 11.6 Å². The van der Waals surface area contributed by atoms with Crippen molar-refractivity contribution in [2.45, 2.75) is 12.5 Å². The van der Waals surface area contributed by atoms with Crippen molar-refractivity contribution in [3.63, 3.8) is 0 Å². The SMILES string of the molecule is O=C(O)c1cc(OC2CCNC2)ccc1Cl. The number of carboxylic acid groups (broad SMARTS) is 1. The Kier molecular flexibility index (Phi) is 3.31. The third-order valence-corrected chi connectivity index (χ3v) is 2.82. The topological polar surface area (TPSA) is 58.6 Å². The van der Waals surface area contributed by atoms with Gasteiger partial charge >= 0.3 is 5.97 Å². The lowest BCUT2D eigenvalue weighted by molar-refractivity contribution is 0.0696. The predicted molar refractivity (Wildman–Crippen MR) is 60.3 cm³/mol. The van der Waals surface area contributed by atoms with E-state index in [-0.39, 0.29) is 16.7 Å². The summed E-state index contributed by atoms with van der Waals surface area (Å²) in [5.41, 5.74) is 0.0742. The van der Waals surface area contributed by atoms with Crippen LogP contribution in [0.5, 0.6) is 5.75 Å². The molecule has 1 aromatic carbocycles. The van der Waals surface area contributed by atoms with Crippen LogP contribution in [0.2, 0.25) is 5.02 Å². The molecule has 4 nitrogen and oxygen atoms in total. The molecule has 0 aromatic heterocycles. The van der Waals surface area contributed by atoms with Crippen molar-refractivity contribution in [2.75, 3.05) is 13.1 Å². The Balaban J connectivity index is 2.15. The summed E-state index contributed by atoms with van der Waals surface area (Å²) >= 11 is 5.76. The van der Waals surface area contributed by atoms with Crippen LogP contribution in [0.25, 0.3) is 0 Å². The number of hydrogen-bond donors (Lipinski definition) is 2. The van der Waals surface area contributed by atoms with Gasteiger partial charge in [0.05, 0.1) is 10.6 Å². The van der Waals surface area contributed by atoms with Gasteiger partial charge in [0, 0.05) is 6.54 Å². The van der Waals surface area contributed by atoms with E-state index < -0.39 is 5.97 Å². The fraction of sp³-hybridized carbons (Fsp3) is 0.364. The molecule has 16 heavy (non-hydrogen) atoms. The van der Waals surface area contributed by atoms with E-state index in [4.69, 9.17) is 21.4 Å². The summed E-state index contributed by atoms with van der Waals surface area (Å²) in [6.45, 7) is 1.73. The molecule has 1 aliphatic heterocycles. The van der Waals surface area contributed by atoms with Crippen LogP contribution >= 0.6 is 11.6 Å². The van der Waals surface area contributed by atoms with Gasteiger partial charge in [0.1, 0.15) is 11.9 Å². The van der Waals surface area contributed by atoms with E-state index in [1.807, 2.05) is 0 Å². The Morgan fingerprint density at radius 3 is 3.00 bits per heavy atom. The first-order chi connectivity index (χ1) is 7.66. The molecule has 1 saturated heterocycles. The minimum Gasteiger partial charge on any atom is -0.489 e. The number of benzene rings is 1. The highest BCUT2D eigenvalue weighted by molar-refractivity contribution is 6.33. The van der Waals surface area contributed by atoms with Crippen molar-refractivity contribution in [3.8, 4) is 5.75 Å². The number of rotatable bonds is 3. The van der Waals surface area contributed by atoms with Crippen LogP contribution < -0.4 is 10.1 Å². The lowest BCUT2D eigenvalue weighted by Gasteiger charge is -2.13. The van der Waals surface area contributed by atoms with E-state index in [0.29, 0.717) is 5.75 Å². The van der Waals surface area contributed by atoms with E-state index in [0.717, 1.165) is 19.5 Å². The zero-order valence-corrected chi connectivity index (χ0v) is 9.33. The normalized spacial score (nSPS) is 19.7. The van der Waals surface area contributed by atoms with Gasteiger partial charge in [0.25, 0.3) is 0 Å². The third-order valence-electron chi connectivity index (χ3n) is 2.49. The van der Waals surface area contributed by atoms with Crippen molar-refractivity contribution in [1.29, 1.82) is 0 Å². The summed E-state index contributed by atoms with van der Waals surface area (Å²) in [5.74, 6) is -0.490. The van der Waals surface area contributed by atoms with Crippen LogP contribution in [0.15, 0.2) is 18.2 Å². The molecular weight excluding hydrogens is 230 g/mol. The highest BCUT2D eigenvalue weighted by atomic mass is 35.5. The van der Waals surface area contributed by atoms with Gasteiger partial charge < -0.3 is 15.2 Å². The molecule has 0 saturated carbocycles. The lowest BCUT2D eigenvalue weighted by atomic mass is 10.2. The molecular formula is C11H12ClNO3. The number of ether oxygens (including phenoxy) is 1. The molecule has 1 aromatic rings. The Labute approximate surface area is 98.2 Å². The molecule has 1 aliphatic rings. The molecule has 0 radical (unpaired) electrons. The number of carbonyl (C=O) groups is 1. The molecule has 1 heterocycles. The van der Waals surface area contributed by atoms with Crippen molar-refractivity contribution < 1.29 is 14.6 Å². The zero-order chi connectivity index (χ0) is 11.5. The second-order valence-corrected chi connectivity index (χ2v) is 4.09. The molecule has 1 unspecified atom stereocenters. The maximum Gasteiger partial charge on any atom is 0.337 e. The molecule has 5 heteroatoms. The lowest BCUT2D eigenvalue weighted by Crippen LogP contribution is -2.19. The largest absolute Gasteiger partial charge is 0.489 e. The smallest absolute Gasteiger partial charge is 0.337 e. The summed E-state index contributed by atoms with van der Waals surface area (Å²) in [4.78, 5) is 10.9. The van der Waals surface area contributed by atoms with Gasteiger partial charge in [-0.3, -0.25) is 0 Å². The Morgan fingerprint density at radius 1 is 1.56 bits per heavy atom. The Morgan fingerprint density at radius 2 is 2.38 bits per heavy atom. The molecule has 0 aliphatic carbocycles. The predicted octanol–water partition coefficient (Wildman–Crippen LogP) is 1.78. The second-order valence-electron chi connectivity index (χ2n) is 3.68. The van der Waals surface area contributed by atoms with Gasteiger partial charge in [0.15, 0.2) is 0 Å². The third kappa shape index (κ3) is 2.46. The first-order valence-electron chi connectivity index (χ1n) is 5.07. The van der Waals surface area contributed by atoms with Crippen LogP contribution in [-0.2, 0) is 0 Å². The highest BCUT2D eigenvalue weighted by Gasteiger charge is 2.17. The van der Waals surface area contributed by atoms with Gasteiger partial charge in [-0.15, -0.1) is 0 Å². The number of halogens is 1. The summed E-state index contributed by atoms with van der Waals surface area (Å²) < 4.78 is 5.64. The standard InChI is InChI=1S/C11H12ClNO3/c12-10-2-1-7(5-9(10)11(14)15)16-8-3-4-13-6-8/h1-2,5,8,13H,3-4,6H2,(H,14,15). The molecule has 0 amide bonds. The summed E-state index contributed by atoms with van der Waals surface area (Å²) in [7, 11) is 0. The molecule has 1 fully saturated rings. The summed E-state index contributed by atoms with van der Waals surface area (Å²) in [6.07, 6.45) is 1.05.